The highest BCUT2D eigenvalue weighted by molar-refractivity contribution is 7.88. The Morgan fingerprint density at radius 1 is 1.14 bits per heavy atom. The van der Waals surface area contributed by atoms with Gasteiger partial charge in [-0.3, -0.25) is 14.1 Å². The summed E-state index contributed by atoms with van der Waals surface area (Å²) in [6.45, 7) is 2.79. The molecule has 0 radical (unpaired) electrons. The van der Waals surface area contributed by atoms with Gasteiger partial charge in [0.2, 0.25) is 0 Å². The summed E-state index contributed by atoms with van der Waals surface area (Å²) >= 11 is 0. The Labute approximate surface area is 80.4 Å². The first-order valence-electron chi connectivity index (χ1n) is 3.22. The molecule has 0 unspecified atom stereocenters. The highest BCUT2D eigenvalue weighted by Crippen LogP contribution is 1.86. The van der Waals surface area contributed by atoms with Gasteiger partial charge in [-0.2, -0.15) is 8.42 Å². The molecule has 0 aromatic heterocycles. The summed E-state index contributed by atoms with van der Waals surface area (Å²) in [5.41, 5.74) is 0. The third-order valence-corrected chi connectivity index (χ3v) is 1.18. The molecule has 3 N–H and O–H groups in total. The quantitative estimate of drug-likeness (QED) is 0.573. The first-order valence-corrected chi connectivity index (χ1v) is 4.73. The van der Waals surface area contributed by atoms with E-state index in [0.717, 1.165) is 0 Å². The summed E-state index contributed by atoms with van der Waals surface area (Å²) in [5.74, 6) is -2.15. The van der Waals surface area contributed by atoms with Crippen LogP contribution in [0.15, 0.2) is 12.0 Å². The molecule has 14 heavy (non-hydrogen) atoms. The second-order valence-electron chi connectivity index (χ2n) is 1.97. The number of carboxylic acids is 2. The number of carbonyl (C=O) groups is 2. The molecule has 0 aliphatic rings. The van der Waals surface area contributed by atoms with Crippen LogP contribution in [0.5, 0.6) is 0 Å². The Bertz CT molecular complexity index is 277. The molecular formula is C6H10O7S. The average molecular weight is 226 g/mol. The summed E-state index contributed by atoms with van der Waals surface area (Å²) in [4.78, 5) is 19.3. The number of hydrogen-bond donors (Lipinski definition) is 3. The van der Waals surface area contributed by atoms with E-state index in [1.807, 2.05) is 0 Å². The minimum atomic E-state index is -3.90. The van der Waals surface area contributed by atoms with Crippen molar-refractivity contribution in [2.24, 2.45) is 0 Å². The Kier molecular flexibility index (Phi) is 7.58. The van der Waals surface area contributed by atoms with Crippen molar-refractivity contribution in [2.75, 3.05) is 0 Å². The van der Waals surface area contributed by atoms with Crippen LogP contribution in [-0.4, -0.2) is 35.1 Å². The Morgan fingerprint density at radius 3 is 1.43 bits per heavy atom. The van der Waals surface area contributed by atoms with Gasteiger partial charge in [0.05, 0.1) is 18.2 Å². The molecule has 0 bridgehead atoms. The van der Waals surface area contributed by atoms with Gasteiger partial charge in [0.1, 0.15) is 0 Å². The Hall–Kier alpha value is -1.41. The SMILES string of the molecule is C=CS(=O)(=O)O.O=C(O)CCC(=O)O. The molecule has 0 saturated carbocycles. The topological polar surface area (TPSA) is 129 Å². The van der Waals surface area contributed by atoms with Crippen molar-refractivity contribution in [2.45, 2.75) is 12.8 Å². The average Bonchev–Trinajstić information content (AvgIpc) is 2.01. The lowest BCUT2D eigenvalue weighted by Gasteiger charge is -1.85. The van der Waals surface area contributed by atoms with E-state index >= 15 is 0 Å². The predicted octanol–water partition coefficient (Wildman–Crippen LogP) is -0.0465. The molecule has 0 saturated heterocycles. The standard InChI is InChI=1S/C4H6O4.C2H4O3S/c5-3(6)1-2-4(7)8;1-2-6(3,4)5/h1-2H2,(H,5,6)(H,7,8);2H,1H2,(H,3,4,5). The van der Waals surface area contributed by atoms with Gasteiger partial charge in [-0.25, -0.2) is 0 Å². The molecule has 0 atom stereocenters. The van der Waals surface area contributed by atoms with Crippen molar-refractivity contribution in [1.82, 2.24) is 0 Å². The first kappa shape index (κ1) is 15.1. The third kappa shape index (κ3) is 22.4. The van der Waals surface area contributed by atoms with Crippen LogP contribution >= 0.6 is 0 Å². The van der Waals surface area contributed by atoms with Crippen LogP contribution in [0, 0.1) is 0 Å². The molecule has 0 aromatic carbocycles. The molecule has 82 valence electrons. The van der Waals surface area contributed by atoms with E-state index in [-0.39, 0.29) is 12.8 Å². The van der Waals surface area contributed by atoms with E-state index in [4.69, 9.17) is 14.8 Å². The van der Waals surface area contributed by atoms with Gasteiger partial charge in [0, 0.05) is 0 Å². The highest BCUT2D eigenvalue weighted by atomic mass is 32.2. The molecular weight excluding hydrogens is 216 g/mol. The van der Waals surface area contributed by atoms with Crippen LogP contribution < -0.4 is 0 Å². The van der Waals surface area contributed by atoms with Gasteiger partial charge in [-0.05, 0) is 0 Å². The highest BCUT2D eigenvalue weighted by Gasteiger charge is 2.00. The van der Waals surface area contributed by atoms with Crippen molar-refractivity contribution in [3.63, 3.8) is 0 Å². The smallest absolute Gasteiger partial charge is 0.303 e. The van der Waals surface area contributed by atoms with Crippen molar-refractivity contribution in [3.05, 3.63) is 12.0 Å². The summed E-state index contributed by atoms with van der Waals surface area (Å²) < 4.78 is 26.6. The van der Waals surface area contributed by atoms with Gasteiger partial charge in [-0.1, -0.05) is 6.58 Å². The fraction of sp³-hybridized carbons (Fsp3) is 0.333. The van der Waals surface area contributed by atoms with Gasteiger partial charge in [-0.15, -0.1) is 0 Å². The van der Waals surface area contributed by atoms with Gasteiger partial charge in [0.25, 0.3) is 10.1 Å². The summed E-state index contributed by atoms with van der Waals surface area (Å²) in [6, 6.07) is 0. The lowest BCUT2D eigenvalue weighted by Crippen LogP contribution is -2.00. The molecule has 0 aliphatic heterocycles. The summed E-state index contributed by atoms with van der Waals surface area (Å²) in [7, 11) is -3.90. The van der Waals surface area contributed by atoms with Gasteiger partial charge >= 0.3 is 11.9 Å². The van der Waals surface area contributed by atoms with Crippen LogP contribution in [0.4, 0.5) is 0 Å². The zero-order valence-corrected chi connectivity index (χ0v) is 7.90. The molecule has 0 spiro atoms. The second kappa shape index (κ2) is 7.04. The van der Waals surface area contributed by atoms with Crippen LogP contribution in [0.2, 0.25) is 0 Å². The van der Waals surface area contributed by atoms with E-state index in [1.165, 1.54) is 0 Å². The normalized spacial score (nSPS) is 9.50. The fourth-order valence-corrected chi connectivity index (χ4v) is 0.214. The minimum absolute atomic E-state index is 0.296. The zero-order chi connectivity index (χ0) is 11.8. The van der Waals surface area contributed by atoms with E-state index < -0.39 is 22.1 Å². The monoisotopic (exact) mass is 226 g/mol. The molecule has 7 nitrogen and oxygen atoms in total. The Morgan fingerprint density at radius 2 is 1.36 bits per heavy atom. The number of carboxylic acid groups (broad SMARTS) is 2. The first-order chi connectivity index (χ1) is 6.19. The van der Waals surface area contributed by atoms with E-state index in [0.29, 0.717) is 5.41 Å². The van der Waals surface area contributed by atoms with Crippen molar-refractivity contribution >= 4 is 22.1 Å². The zero-order valence-electron chi connectivity index (χ0n) is 7.08. The Balaban J connectivity index is 0. The van der Waals surface area contributed by atoms with Crippen LogP contribution in [0.3, 0.4) is 0 Å². The fourth-order valence-electron chi connectivity index (χ4n) is 0.214. The molecule has 8 heteroatoms. The predicted molar refractivity (Wildman–Crippen MR) is 46.3 cm³/mol. The molecule has 0 amide bonds. The van der Waals surface area contributed by atoms with Gasteiger partial charge in [0.15, 0.2) is 0 Å². The number of aliphatic carboxylic acids is 2. The molecule has 0 rings (SSSR count). The lowest BCUT2D eigenvalue weighted by molar-refractivity contribution is -0.143. The van der Waals surface area contributed by atoms with Crippen molar-refractivity contribution in [3.8, 4) is 0 Å². The summed E-state index contributed by atoms with van der Waals surface area (Å²) in [6.07, 6.45) is -0.593. The van der Waals surface area contributed by atoms with Crippen LogP contribution in [0.25, 0.3) is 0 Å². The maximum Gasteiger partial charge on any atom is 0.303 e. The van der Waals surface area contributed by atoms with Crippen LogP contribution in [0.1, 0.15) is 12.8 Å². The van der Waals surface area contributed by atoms with E-state index in [2.05, 4.69) is 6.58 Å². The van der Waals surface area contributed by atoms with Gasteiger partial charge < -0.3 is 10.2 Å². The largest absolute Gasteiger partial charge is 0.481 e. The molecule has 0 aromatic rings. The minimum Gasteiger partial charge on any atom is -0.481 e. The third-order valence-electron chi connectivity index (χ3n) is 0.763. The molecule has 0 fully saturated rings. The molecule has 0 heterocycles. The second-order valence-corrected chi connectivity index (χ2v) is 3.33. The number of rotatable bonds is 4. The van der Waals surface area contributed by atoms with E-state index in [1.54, 1.807) is 0 Å². The maximum absolute atomic E-state index is 9.64. The molecule has 0 aliphatic carbocycles. The van der Waals surface area contributed by atoms with Crippen LogP contribution in [-0.2, 0) is 19.7 Å². The van der Waals surface area contributed by atoms with Crippen molar-refractivity contribution < 1.29 is 32.8 Å². The maximum atomic E-state index is 9.64. The van der Waals surface area contributed by atoms with E-state index in [9.17, 15) is 18.0 Å². The number of hydrogen-bond acceptors (Lipinski definition) is 4. The lowest BCUT2D eigenvalue weighted by atomic mass is 10.3. The van der Waals surface area contributed by atoms with Crippen molar-refractivity contribution in [1.29, 1.82) is 0 Å². The summed E-state index contributed by atoms with van der Waals surface area (Å²) in [5, 5.41) is 16.3.